The maximum atomic E-state index is 14.7. The Labute approximate surface area is 198 Å². The van der Waals surface area contributed by atoms with Crippen LogP contribution in [0.1, 0.15) is 13.3 Å². The number of fused-ring (bicyclic) bond motifs is 10. The molecule has 170 valence electrons. The van der Waals surface area contributed by atoms with E-state index in [-0.39, 0.29) is 15.7 Å². The quantitative estimate of drug-likeness (QED) is 0.296. The van der Waals surface area contributed by atoms with E-state index in [2.05, 4.69) is 0 Å². The van der Waals surface area contributed by atoms with Gasteiger partial charge in [-0.3, -0.25) is 0 Å². The van der Waals surface area contributed by atoms with Crippen molar-refractivity contribution in [2.75, 3.05) is 0 Å². The molecule has 1 aliphatic heterocycles. The van der Waals surface area contributed by atoms with E-state index in [1.807, 2.05) is 60.7 Å². The summed E-state index contributed by atoms with van der Waals surface area (Å²) >= 11 is 0. The first-order valence-electron chi connectivity index (χ1n) is 11.5. The number of rotatable bonds is 0. The van der Waals surface area contributed by atoms with Gasteiger partial charge in [0.15, 0.2) is 23.8 Å². The molecular weight excluding hydrogens is 464 g/mol. The summed E-state index contributed by atoms with van der Waals surface area (Å²) < 4.78 is 56.9. The summed E-state index contributed by atoms with van der Waals surface area (Å²) in [6, 6.07) is 22.1. The minimum absolute atomic E-state index is 0.0690. The highest BCUT2D eigenvalue weighted by Gasteiger charge is 2.71. The highest BCUT2D eigenvalue weighted by Crippen LogP contribution is 2.63. The Balaban J connectivity index is 1.79. The molecule has 0 amide bonds. The molecule has 4 aromatic carbocycles. The number of hydrogen-bond acceptors (Lipinski definition) is 4. The summed E-state index contributed by atoms with van der Waals surface area (Å²) in [5, 5.41) is 3.26. The Bertz CT molecular complexity index is 1680. The molecule has 6 heteroatoms. The molecular formula is C28H22O4S2. The predicted octanol–water partition coefficient (Wildman–Crippen LogP) is 5.76. The van der Waals surface area contributed by atoms with Crippen LogP contribution in [0, 0.1) is 17.8 Å². The fourth-order valence-electron chi connectivity index (χ4n) is 6.88. The molecule has 1 saturated carbocycles. The lowest BCUT2D eigenvalue weighted by molar-refractivity contribution is 0.426. The van der Waals surface area contributed by atoms with Gasteiger partial charge >= 0.3 is 0 Å². The van der Waals surface area contributed by atoms with Gasteiger partial charge in [0.25, 0.3) is 0 Å². The van der Waals surface area contributed by atoms with E-state index >= 15 is 0 Å². The van der Waals surface area contributed by atoms with Crippen LogP contribution in [0.4, 0.5) is 0 Å². The van der Waals surface area contributed by atoms with Crippen molar-refractivity contribution >= 4 is 41.2 Å². The normalized spacial score (nSPS) is 27.0. The SMILES string of the molecule is C[C@@H]1[C@H]2C=C[C@H](C2)C12S(=O)(=O)c1ccc3ccccc3c1-c1c(ccc3ccccc13)S2(=O)=O. The molecule has 0 saturated heterocycles. The predicted molar refractivity (Wildman–Crippen MR) is 134 cm³/mol. The van der Waals surface area contributed by atoms with E-state index < -0.39 is 35.6 Å². The summed E-state index contributed by atoms with van der Waals surface area (Å²) in [5.41, 5.74) is 1.01. The highest BCUT2D eigenvalue weighted by molar-refractivity contribution is 8.10. The van der Waals surface area contributed by atoms with Crippen molar-refractivity contribution in [2.45, 2.75) is 27.2 Å². The van der Waals surface area contributed by atoms with Crippen LogP contribution in [-0.2, 0) is 19.7 Å². The third-order valence-electron chi connectivity index (χ3n) is 8.36. The summed E-state index contributed by atoms with van der Waals surface area (Å²) in [4.78, 5) is 0.246. The minimum atomic E-state index is -4.27. The first-order valence-corrected chi connectivity index (χ1v) is 14.5. The zero-order valence-electron chi connectivity index (χ0n) is 18.5. The topological polar surface area (TPSA) is 68.3 Å². The molecule has 0 aromatic heterocycles. The minimum Gasteiger partial charge on any atom is -0.222 e. The molecule has 1 heterocycles. The van der Waals surface area contributed by atoms with Gasteiger partial charge in [-0.25, -0.2) is 16.8 Å². The summed E-state index contributed by atoms with van der Waals surface area (Å²) in [5.74, 6) is -1.19. The molecule has 3 aliphatic rings. The van der Waals surface area contributed by atoms with E-state index in [4.69, 9.17) is 0 Å². The van der Waals surface area contributed by atoms with Crippen LogP contribution in [0.2, 0.25) is 0 Å². The van der Waals surface area contributed by atoms with Crippen molar-refractivity contribution < 1.29 is 16.8 Å². The monoisotopic (exact) mass is 486 g/mol. The highest BCUT2D eigenvalue weighted by atomic mass is 32.3. The standard InChI is InChI=1S/C28H22O4S2/c1-17-20-10-13-21(16-20)28(17)33(29,30)24-14-11-18-6-2-4-8-22(18)26(24)27-23-9-5-3-7-19(23)12-15-25(27)34(28,31)32/h2-15,17,20-21H,16H2,1H3/t17-,20+,21-/m1/s1. The largest absolute Gasteiger partial charge is 0.222 e. The van der Waals surface area contributed by atoms with Gasteiger partial charge in [0.05, 0.1) is 9.79 Å². The van der Waals surface area contributed by atoms with Crippen molar-refractivity contribution in [3.63, 3.8) is 0 Å². The molecule has 0 radical (unpaired) electrons. The molecule has 2 aliphatic carbocycles. The number of allylic oxidation sites excluding steroid dienone is 2. The Morgan fingerprint density at radius 3 is 1.65 bits per heavy atom. The van der Waals surface area contributed by atoms with Crippen molar-refractivity contribution in [2.24, 2.45) is 17.8 Å². The fourth-order valence-corrected chi connectivity index (χ4v) is 13.2. The van der Waals surface area contributed by atoms with Crippen LogP contribution in [0.25, 0.3) is 32.7 Å². The van der Waals surface area contributed by atoms with Gasteiger partial charge in [0.1, 0.15) is 0 Å². The zero-order chi connectivity index (χ0) is 23.5. The Hall–Kier alpha value is -2.96. The van der Waals surface area contributed by atoms with Crippen LogP contribution < -0.4 is 0 Å². The zero-order valence-corrected chi connectivity index (χ0v) is 20.1. The second-order valence-corrected chi connectivity index (χ2v) is 14.2. The van der Waals surface area contributed by atoms with Crippen molar-refractivity contribution in [1.82, 2.24) is 0 Å². The lowest BCUT2D eigenvalue weighted by Crippen LogP contribution is -2.53. The van der Waals surface area contributed by atoms with Gasteiger partial charge in [-0.15, -0.1) is 0 Å². The van der Waals surface area contributed by atoms with Crippen LogP contribution in [-0.4, -0.2) is 20.9 Å². The van der Waals surface area contributed by atoms with Gasteiger partial charge in [0, 0.05) is 17.0 Å². The molecule has 1 fully saturated rings. The van der Waals surface area contributed by atoms with Gasteiger partial charge in [-0.05, 0) is 51.9 Å². The van der Waals surface area contributed by atoms with E-state index in [9.17, 15) is 16.8 Å². The average Bonchev–Trinajstić information content (AvgIpc) is 3.42. The van der Waals surface area contributed by atoms with Crippen LogP contribution in [0.15, 0.2) is 94.7 Å². The smallest absolute Gasteiger partial charge is 0.200 e. The molecule has 2 bridgehead atoms. The number of hydrogen-bond donors (Lipinski definition) is 0. The summed E-state index contributed by atoms with van der Waals surface area (Å²) in [6.07, 6.45) is 4.37. The van der Waals surface area contributed by atoms with Crippen LogP contribution in [0.5, 0.6) is 0 Å². The molecule has 0 N–H and O–H groups in total. The van der Waals surface area contributed by atoms with E-state index in [1.54, 1.807) is 31.2 Å². The van der Waals surface area contributed by atoms with Crippen molar-refractivity contribution in [1.29, 1.82) is 0 Å². The Kier molecular flexibility index (Phi) is 3.83. The first kappa shape index (κ1) is 20.4. The van der Waals surface area contributed by atoms with E-state index in [0.29, 0.717) is 17.5 Å². The van der Waals surface area contributed by atoms with Crippen molar-refractivity contribution in [3.05, 3.63) is 84.9 Å². The molecule has 4 aromatic rings. The second-order valence-electron chi connectivity index (χ2n) is 9.73. The van der Waals surface area contributed by atoms with Crippen molar-refractivity contribution in [3.8, 4) is 11.1 Å². The van der Waals surface area contributed by atoms with E-state index in [0.717, 1.165) is 21.5 Å². The lowest BCUT2D eigenvalue weighted by atomic mass is 9.94. The summed E-state index contributed by atoms with van der Waals surface area (Å²) in [7, 11) is -8.55. The molecule has 3 atom stereocenters. The fraction of sp³-hybridized carbons (Fsp3) is 0.214. The summed E-state index contributed by atoms with van der Waals surface area (Å²) in [6.45, 7) is 1.80. The number of benzene rings is 4. The molecule has 0 unspecified atom stereocenters. The maximum absolute atomic E-state index is 14.7. The maximum Gasteiger partial charge on any atom is 0.200 e. The first-order chi connectivity index (χ1) is 16.3. The van der Waals surface area contributed by atoms with Gasteiger partial charge in [-0.2, -0.15) is 0 Å². The van der Waals surface area contributed by atoms with Gasteiger partial charge < -0.3 is 0 Å². The third-order valence-corrected chi connectivity index (χ3v) is 14.5. The van der Waals surface area contributed by atoms with Gasteiger partial charge in [0.2, 0.25) is 0 Å². The number of sulfone groups is 2. The van der Waals surface area contributed by atoms with Crippen LogP contribution in [0.3, 0.4) is 0 Å². The average molecular weight is 487 g/mol. The third kappa shape index (κ3) is 2.11. The lowest BCUT2D eigenvalue weighted by Gasteiger charge is -2.38. The molecule has 4 nitrogen and oxygen atoms in total. The van der Waals surface area contributed by atoms with Gasteiger partial charge in [-0.1, -0.05) is 79.7 Å². The molecule has 7 rings (SSSR count). The Morgan fingerprint density at radius 1 is 0.676 bits per heavy atom. The van der Waals surface area contributed by atoms with E-state index in [1.165, 1.54) is 0 Å². The molecule has 1 spiro atoms. The Morgan fingerprint density at radius 2 is 1.18 bits per heavy atom. The molecule has 34 heavy (non-hydrogen) atoms. The second kappa shape index (κ2) is 6.37. The van der Waals surface area contributed by atoms with Crippen LogP contribution >= 0.6 is 0 Å².